The number of methoxy groups -OCH3 is 1. The van der Waals surface area contributed by atoms with E-state index < -0.39 is 5.41 Å². The molecule has 4 bridgehead atoms. The average molecular weight is 598 g/mol. The summed E-state index contributed by atoms with van der Waals surface area (Å²) in [6, 6.07) is 10.1. The molecule has 10 nitrogen and oxygen atoms in total. The zero-order valence-corrected chi connectivity index (χ0v) is 26.4. The summed E-state index contributed by atoms with van der Waals surface area (Å²) >= 11 is 0. The highest BCUT2D eigenvalue weighted by Gasteiger charge is 2.47. The summed E-state index contributed by atoms with van der Waals surface area (Å²) in [4.78, 5) is 39.1. The third-order valence-electron chi connectivity index (χ3n) is 10.3. The number of carbonyl (C=O) groups is 2. The Kier molecular flexibility index (Phi) is 6.95. The number of hydrogen-bond donors (Lipinski definition) is 2. The van der Waals surface area contributed by atoms with Crippen LogP contribution in [-0.2, 0) is 18.4 Å². The Bertz CT molecular complexity index is 1790. The Balaban J connectivity index is 1.31. The lowest BCUT2D eigenvalue weighted by Gasteiger charge is -2.25. The lowest BCUT2D eigenvalue weighted by Crippen LogP contribution is -2.40. The van der Waals surface area contributed by atoms with Crippen LogP contribution in [0.15, 0.2) is 30.3 Å². The summed E-state index contributed by atoms with van der Waals surface area (Å²) in [5.74, 6) is 1.48. The molecule has 1 aromatic carbocycles. The molecule has 3 aliphatic heterocycles. The van der Waals surface area contributed by atoms with Crippen LogP contribution in [-0.4, -0.2) is 61.1 Å². The van der Waals surface area contributed by atoms with Crippen LogP contribution in [0.4, 0.5) is 0 Å². The molecule has 7 rings (SSSR count). The second kappa shape index (κ2) is 10.6. The number of amides is 2. The molecule has 232 valence electrons. The van der Waals surface area contributed by atoms with Gasteiger partial charge in [0.2, 0.25) is 5.91 Å². The van der Waals surface area contributed by atoms with Crippen LogP contribution < -0.4 is 15.8 Å². The number of pyridine rings is 1. The second-order valence-electron chi connectivity index (χ2n) is 13.7. The highest BCUT2D eigenvalue weighted by atomic mass is 16.5. The van der Waals surface area contributed by atoms with Crippen molar-refractivity contribution in [3.8, 4) is 17.3 Å². The molecule has 2 fully saturated rings. The highest BCUT2D eigenvalue weighted by Crippen LogP contribution is 2.40. The Labute approximate surface area is 257 Å². The number of carbonyl (C=O) groups excluding carboxylic acids is 2. The highest BCUT2D eigenvalue weighted by molar-refractivity contribution is 6.00. The van der Waals surface area contributed by atoms with Crippen molar-refractivity contribution in [2.24, 2.45) is 18.2 Å². The van der Waals surface area contributed by atoms with Gasteiger partial charge in [-0.05, 0) is 69.4 Å². The first-order valence-electron chi connectivity index (χ1n) is 16.0. The van der Waals surface area contributed by atoms with E-state index in [4.69, 9.17) is 20.4 Å². The van der Waals surface area contributed by atoms with Gasteiger partial charge in [0.15, 0.2) is 5.82 Å². The predicted octanol–water partition coefficient (Wildman–Crippen LogP) is 5.08. The molecule has 0 aliphatic carbocycles. The van der Waals surface area contributed by atoms with Crippen molar-refractivity contribution in [2.45, 2.75) is 96.4 Å². The number of imidazole rings is 1. The summed E-state index contributed by atoms with van der Waals surface area (Å²) in [6.45, 7) is 6.83. The van der Waals surface area contributed by atoms with E-state index in [2.05, 4.69) is 26.6 Å². The van der Waals surface area contributed by atoms with E-state index in [1.54, 1.807) is 7.11 Å². The number of nitrogens with two attached hydrogens (primary N) is 1. The fourth-order valence-electron chi connectivity index (χ4n) is 7.71. The van der Waals surface area contributed by atoms with Crippen LogP contribution in [0.3, 0.4) is 0 Å². The summed E-state index contributed by atoms with van der Waals surface area (Å²) in [5.41, 5.74) is 10.7. The van der Waals surface area contributed by atoms with Gasteiger partial charge in [0.05, 0.1) is 30.1 Å². The average Bonchev–Trinajstić information content (AvgIpc) is 3.75. The smallest absolute Gasteiger partial charge is 0.254 e. The summed E-state index contributed by atoms with van der Waals surface area (Å²) in [5, 5.41) is 4.22. The van der Waals surface area contributed by atoms with Gasteiger partial charge in [-0.25, -0.2) is 9.97 Å². The van der Waals surface area contributed by atoms with E-state index >= 15 is 0 Å². The van der Waals surface area contributed by atoms with E-state index in [1.807, 2.05) is 50.9 Å². The first kappa shape index (κ1) is 28.8. The Hall–Kier alpha value is -3.92. The van der Waals surface area contributed by atoms with Crippen molar-refractivity contribution in [1.82, 2.24) is 29.3 Å². The standard InChI is InChI=1S/C34H43N7O3/c1-19-24-11-9-20-16-27(40(30(20)37-24)14-8-6-7-13-34(2,3)33(43)36-19)31-38-25-15-21(17-28(44-5)29(25)39(31)4)32(42)41-22-10-12-26(41)23(35)18-22/h9,11,15-17,19,22-23,26H,6-8,10,12-14,18,35H2,1-5H3,(H,36,43)/t19-,22+,23-,26-/m1/s1. The van der Waals surface area contributed by atoms with Gasteiger partial charge in [-0.1, -0.05) is 26.7 Å². The lowest BCUT2D eigenvalue weighted by molar-refractivity contribution is -0.130. The van der Waals surface area contributed by atoms with Gasteiger partial charge in [-0.15, -0.1) is 0 Å². The normalized spacial score (nSPS) is 25.2. The minimum absolute atomic E-state index is 0.00504. The second-order valence-corrected chi connectivity index (χ2v) is 13.7. The molecule has 3 aliphatic rings. The number of aromatic nitrogens is 4. The number of rotatable bonds is 3. The number of ether oxygens (including phenoxy) is 1. The molecule has 4 atom stereocenters. The Morgan fingerprint density at radius 3 is 2.66 bits per heavy atom. The van der Waals surface area contributed by atoms with Gasteiger partial charge in [0.1, 0.15) is 16.9 Å². The topological polar surface area (TPSA) is 120 Å². The number of nitrogens with one attached hydrogen (secondary N) is 1. The molecular weight excluding hydrogens is 554 g/mol. The van der Waals surface area contributed by atoms with Gasteiger partial charge in [0, 0.05) is 48.1 Å². The van der Waals surface area contributed by atoms with Crippen molar-refractivity contribution in [1.29, 1.82) is 0 Å². The molecule has 3 aromatic heterocycles. The molecule has 6 heterocycles. The van der Waals surface area contributed by atoms with E-state index in [0.29, 0.717) is 11.3 Å². The number of nitrogens with zero attached hydrogens (tertiary/aromatic N) is 5. The van der Waals surface area contributed by atoms with Crippen LogP contribution in [0, 0.1) is 5.41 Å². The van der Waals surface area contributed by atoms with Crippen LogP contribution in [0.2, 0.25) is 0 Å². The molecule has 2 saturated heterocycles. The van der Waals surface area contributed by atoms with Crippen LogP contribution >= 0.6 is 0 Å². The molecule has 3 N–H and O–H groups in total. The molecule has 4 aromatic rings. The van der Waals surface area contributed by atoms with Gasteiger partial charge in [0.25, 0.3) is 5.91 Å². The number of hydrogen-bond acceptors (Lipinski definition) is 6. The molecule has 0 unspecified atom stereocenters. The molecule has 2 amide bonds. The number of fused-ring (bicyclic) bond motifs is 4. The third kappa shape index (κ3) is 4.57. The van der Waals surface area contributed by atoms with Crippen LogP contribution in [0.25, 0.3) is 33.6 Å². The fraction of sp³-hybridized carbons (Fsp3) is 0.529. The zero-order valence-electron chi connectivity index (χ0n) is 26.4. The van der Waals surface area contributed by atoms with E-state index in [9.17, 15) is 9.59 Å². The largest absolute Gasteiger partial charge is 0.494 e. The maximum Gasteiger partial charge on any atom is 0.254 e. The van der Waals surface area contributed by atoms with Crippen molar-refractivity contribution in [2.75, 3.05) is 7.11 Å². The first-order valence-corrected chi connectivity index (χ1v) is 16.0. The first-order chi connectivity index (χ1) is 21.1. The van der Waals surface area contributed by atoms with Gasteiger partial charge in [-0.2, -0.15) is 0 Å². The van der Waals surface area contributed by atoms with Gasteiger partial charge in [-0.3, -0.25) is 9.59 Å². The molecule has 0 radical (unpaired) electrons. The minimum Gasteiger partial charge on any atom is -0.494 e. The molecule has 0 saturated carbocycles. The number of benzene rings is 1. The SMILES string of the molecule is COc1cc(C(=O)N2[C@H]3CC[C@@H]2[C@H](N)C3)cc2nc(-c3cc4ccc5nc4n3CCCCCC(C)(C)C(=O)N[C@@H]5C)n(C)c12. The molecule has 0 spiro atoms. The van der Waals surface area contributed by atoms with Crippen molar-refractivity contribution in [3.05, 3.63) is 41.6 Å². The zero-order chi connectivity index (χ0) is 30.9. The third-order valence-corrected chi connectivity index (χ3v) is 10.3. The molecule has 44 heavy (non-hydrogen) atoms. The summed E-state index contributed by atoms with van der Waals surface area (Å²) < 4.78 is 10.2. The maximum atomic E-state index is 13.8. The summed E-state index contributed by atoms with van der Waals surface area (Å²) in [7, 11) is 3.64. The Morgan fingerprint density at radius 2 is 1.93 bits per heavy atom. The number of aryl methyl sites for hydroxylation is 2. The van der Waals surface area contributed by atoms with Gasteiger partial charge < -0.3 is 29.8 Å². The molecule has 10 heteroatoms. The van der Waals surface area contributed by atoms with Crippen molar-refractivity contribution < 1.29 is 14.3 Å². The molecular formula is C34H43N7O3. The minimum atomic E-state index is -0.431. The van der Waals surface area contributed by atoms with E-state index in [1.165, 1.54) is 0 Å². The fourth-order valence-corrected chi connectivity index (χ4v) is 7.71. The lowest BCUT2D eigenvalue weighted by atomic mass is 9.85. The Morgan fingerprint density at radius 1 is 1.11 bits per heavy atom. The van der Waals surface area contributed by atoms with Gasteiger partial charge >= 0.3 is 0 Å². The van der Waals surface area contributed by atoms with E-state index in [-0.39, 0.29) is 36.0 Å². The van der Waals surface area contributed by atoms with Crippen LogP contribution in [0.5, 0.6) is 5.75 Å². The quantitative estimate of drug-likeness (QED) is 0.340. The summed E-state index contributed by atoms with van der Waals surface area (Å²) in [6.07, 6.45) is 6.63. The van der Waals surface area contributed by atoms with Crippen LogP contribution in [0.1, 0.15) is 87.8 Å². The monoisotopic (exact) mass is 597 g/mol. The van der Waals surface area contributed by atoms with E-state index in [0.717, 1.165) is 90.8 Å². The van der Waals surface area contributed by atoms with Crippen molar-refractivity contribution >= 4 is 33.9 Å². The predicted molar refractivity (Wildman–Crippen MR) is 170 cm³/mol. The van der Waals surface area contributed by atoms with Crippen molar-refractivity contribution in [3.63, 3.8) is 0 Å². The maximum absolute atomic E-state index is 13.8.